The maximum absolute atomic E-state index is 13.2. The van der Waals surface area contributed by atoms with E-state index >= 15 is 0 Å². The first-order valence-electron chi connectivity index (χ1n) is 8.28. The molecule has 0 aromatic heterocycles. The van der Waals surface area contributed by atoms with Crippen molar-refractivity contribution in [3.63, 3.8) is 0 Å². The summed E-state index contributed by atoms with van der Waals surface area (Å²) in [5.74, 6) is 0.604. The van der Waals surface area contributed by atoms with Gasteiger partial charge in [0.25, 0.3) is 0 Å². The lowest BCUT2D eigenvalue weighted by atomic mass is 10.1. The van der Waals surface area contributed by atoms with Crippen molar-refractivity contribution in [3.8, 4) is 0 Å². The zero-order valence-corrected chi connectivity index (χ0v) is 19.2. The molecule has 4 nitrogen and oxygen atoms in total. The van der Waals surface area contributed by atoms with Crippen LogP contribution in [0.25, 0.3) is 0 Å². The van der Waals surface area contributed by atoms with Crippen LogP contribution in [0.4, 0.5) is 4.39 Å². The van der Waals surface area contributed by atoms with Crippen LogP contribution in [0.5, 0.6) is 0 Å². The quantitative estimate of drug-likeness (QED) is 0.337. The number of thioether (sulfide) groups is 1. The third-order valence-electron chi connectivity index (χ3n) is 3.86. The predicted octanol–water partition coefficient (Wildman–Crippen LogP) is 3.74. The number of hydrogen-bond donors (Lipinski definition) is 2. The number of benzene rings is 1. The third-order valence-corrected chi connectivity index (χ3v) is 5.09. The molecule has 0 aliphatic rings. The molecule has 2 N–H and O–H groups in total. The second-order valence-corrected chi connectivity index (χ2v) is 8.08. The van der Waals surface area contributed by atoms with Crippen LogP contribution in [-0.2, 0) is 0 Å². The molecule has 0 aliphatic carbocycles. The fraction of sp³-hybridized carbons (Fsp3) is 0.611. The van der Waals surface area contributed by atoms with Crippen LogP contribution in [0.15, 0.2) is 29.3 Å². The molecule has 0 fully saturated rings. The molecule has 0 saturated heterocycles. The van der Waals surface area contributed by atoms with Crippen molar-refractivity contribution >= 4 is 41.7 Å². The molecule has 0 radical (unpaired) electrons. The Bertz CT molecular complexity index is 520. The smallest absolute Gasteiger partial charge is 0.191 e. The Balaban J connectivity index is 0.00000576. The molecule has 25 heavy (non-hydrogen) atoms. The number of nitrogens with zero attached hydrogens (tertiary/aromatic N) is 2. The van der Waals surface area contributed by atoms with Crippen molar-refractivity contribution in [1.29, 1.82) is 0 Å². The standard InChI is InChI=1S/C18H31FN4S.HI/c1-7-20-17(22-13-18(2,3)24-6)21-12-16(23(4)5)14-8-10-15(19)11-9-14;/h8-11,16H,7,12-13H2,1-6H3,(H2,20,21,22);1H. The highest BCUT2D eigenvalue weighted by molar-refractivity contribution is 14.0. The summed E-state index contributed by atoms with van der Waals surface area (Å²) < 4.78 is 13.3. The Morgan fingerprint density at radius 1 is 1.24 bits per heavy atom. The Morgan fingerprint density at radius 2 is 1.84 bits per heavy atom. The number of hydrogen-bond acceptors (Lipinski definition) is 3. The first-order chi connectivity index (χ1) is 11.3. The lowest BCUT2D eigenvalue weighted by Gasteiger charge is -2.26. The summed E-state index contributed by atoms with van der Waals surface area (Å²) in [6.07, 6.45) is 2.10. The van der Waals surface area contributed by atoms with E-state index in [2.05, 4.69) is 42.6 Å². The van der Waals surface area contributed by atoms with Crippen molar-refractivity contribution in [3.05, 3.63) is 35.6 Å². The number of likely N-dealkylation sites (N-methyl/N-ethyl adjacent to an activating group) is 1. The molecule has 1 atom stereocenters. The molecule has 0 bridgehead atoms. The van der Waals surface area contributed by atoms with Crippen LogP contribution >= 0.6 is 35.7 Å². The van der Waals surface area contributed by atoms with Crippen molar-refractivity contribution in [2.45, 2.75) is 31.6 Å². The van der Waals surface area contributed by atoms with Gasteiger partial charge in [0, 0.05) is 17.8 Å². The van der Waals surface area contributed by atoms with Crippen molar-refractivity contribution in [2.75, 3.05) is 40.0 Å². The van der Waals surface area contributed by atoms with Gasteiger partial charge in [-0.2, -0.15) is 11.8 Å². The maximum Gasteiger partial charge on any atom is 0.191 e. The molecule has 144 valence electrons. The molecule has 1 aromatic carbocycles. The average Bonchev–Trinajstić information content (AvgIpc) is 2.54. The highest BCUT2D eigenvalue weighted by Crippen LogP contribution is 2.21. The summed E-state index contributed by atoms with van der Waals surface area (Å²) >= 11 is 1.81. The molecular weight excluding hydrogens is 450 g/mol. The number of aliphatic imine (C=N–C) groups is 1. The Hall–Kier alpha value is -0.540. The number of guanidine groups is 1. The van der Waals surface area contributed by atoms with Gasteiger partial charge < -0.3 is 15.5 Å². The molecule has 0 aliphatic heterocycles. The number of rotatable bonds is 8. The first kappa shape index (κ1) is 24.5. The van der Waals surface area contributed by atoms with Gasteiger partial charge in [-0.05, 0) is 58.8 Å². The summed E-state index contributed by atoms with van der Waals surface area (Å²) in [5, 5.41) is 6.69. The summed E-state index contributed by atoms with van der Waals surface area (Å²) in [5.41, 5.74) is 1.08. The van der Waals surface area contributed by atoms with E-state index in [-0.39, 0.29) is 40.6 Å². The van der Waals surface area contributed by atoms with Crippen LogP contribution in [0, 0.1) is 5.82 Å². The van der Waals surface area contributed by atoms with Crippen LogP contribution in [0.1, 0.15) is 32.4 Å². The molecule has 0 spiro atoms. The molecule has 0 heterocycles. The minimum Gasteiger partial charge on any atom is -0.357 e. The van der Waals surface area contributed by atoms with E-state index in [1.54, 1.807) is 0 Å². The average molecular weight is 482 g/mol. The fourth-order valence-electron chi connectivity index (χ4n) is 2.15. The lowest BCUT2D eigenvalue weighted by Crippen LogP contribution is -2.42. The number of halogens is 2. The predicted molar refractivity (Wildman–Crippen MR) is 120 cm³/mol. The molecular formula is C18H32FIN4S. The van der Waals surface area contributed by atoms with E-state index in [0.717, 1.165) is 24.6 Å². The first-order valence-corrected chi connectivity index (χ1v) is 9.50. The Labute approximate surface area is 173 Å². The van der Waals surface area contributed by atoms with Crippen LogP contribution in [-0.4, -0.2) is 55.6 Å². The summed E-state index contributed by atoms with van der Waals surface area (Å²) in [7, 11) is 4.05. The van der Waals surface area contributed by atoms with E-state index < -0.39 is 0 Å². The van der Waals surface area contributed by atoms with Crippen LogP contribution < -0.4 is 10.6 Å². The van der Waals surface area contributed by atoms with Crippen molar-refractivity contribution in [1.82, 2.24) is 15.5 Å². The van der Waals surface area contributed by atoms with E-state index in [1.165, 1.54) is 12.1 Å². The molecule has 1 rings (SSSR count). The highest BCUT2D eigenvalue weighted by atomic mass is 127. The van der Waals surface area contributed by atoms with Crippen LogP contribution in [0.2, 0.25) is 0 Å². The largest absolute Gasteiger partial charge is 0.357 e. The third kappa shape index (κ3) is 9.10. The monoisotopic (exact) mass is 482 g/mol. The van der Waals surface area contributed by atoms with Gasteiger partial charge in [0.05, 0.1) is 12.6 Å². The Kier molecular flexibility index (Phi) is 11.7. The normalized spacial score (nSPS) is 13.4. The van der Waals surface area contributed by atoms with E-state index in [1.807, 2.05) is 38.0 Å². The van der Waals surface area contributed by atoms with Crippen molar-refractivity contribution in [2.24, 2.45) is 4.99 Å². The second-order valence-electron chi connectivity index (χ2n) is 6.57. The van der Waals surface area contributed by atoms with E-state index in [4.69, 9.17) is 4.99 Å². The molecule has 0 amide bonds. The zero-order chi connectivity index (χ0) is 18.2. The topological polar surface area (TPSA) is 39.7 Å². The van der Waals surface area contributed by atoms with Crippen LogP contribution in [0.3, 0.4) is 0 Å². The van der Waals surface area contributed by atoms with Gasteiger partial charge in [0.15, 0.2) is 5.96 Å². The van der Waals surface area contributed by atoms with Crippen molar-refractivity contribution < 1.29 is 4.39 Å². The van der Waals surface area contributed by atoms with Gasteiger partial charge in [-0.3, -0.25) is 4.99 Å². The summed E-state index contributed by atoms with van der Waals surface area (Å²) in [4.78, 5) is 6.81. The second kappa shape index (κ2) is 12.0. The maximum atomic E-state index is 13.2. The fourth-order valence-corrected chi connectivity index (χ4v) is 2.35. The zero-order valence-electron chi connectivity index (χ0n) is 16.1. The lowest BCUT2D eigenvalue weighted by molar-refractivity contribution is 0.298. The van der Waals surface area contributed by atoms with Gasteiger partial charge in [-0.25, -0.2) is 4.39 Å². The summed E-state index contributed by atoms with van der Waals surface area (Å²) in [6.45, 7) is 8.68. The highest BCUT2D eigenvalue weighted by Gasteiger charge is 2.17. The molecule has 1 unspecified atom stereocenters. The minimum atomic E-state index is -0.210. The number of nitrogens with one attached hydrogen (secondary N) is 2. The van der Waals surface area contributed by atoms with Gasteiger partial charge in [0.1, 0.15) is 5.82 Å². The molecule has 1 aromatic rings. The van der Waals surface area contributed by atoms with Gasteiger partial charge >= 0.3 is 0 Å². The molecule has 0 saturated carbocycles. The van der Waals surface area contributed by atoms with E-state index in [9.17, 15) is 4.39 Å². The molecule has 7 heteroatoms. The summed E-state index contributed by atoms with van der Waals surface area (Å²) in [6, 6.07) is 6.83. The SMILES string of the molecule is CCNC(=NCC(C)(C)SC)NCC(c1ccc(F)cc1)N(C)C.I. The van der Waals surface area contributed by atoms with Gasteiger partial charge in [0.2, 0.25) is 0 Å². The van der Waals surface area contributed by atoms with Gasteiger partial charge in [-0.1, -0.05) is 12.1 Å². The Morgan fingerprint density at radius 3 is 2.32 bits per heavy atom. The van der Waals surface area contributed by atoms with Gasteiger partial charge in [-0.15, -0.1) is 24.0 Å². The minimum absolute atomic E-state index is 0. The van der Waals surface area contributed by atoms with E-state index in [0.29, 0.717) is 6.54 Å².